The molecule has 0 aliphatic rings. The van der Waals surface area contributed by atoms with E-state index in [0.717, 1.165) is 4.47 Å². The number of halogens is 1. The summed E-state index contributed by atoms with van der Waals surface area (Å²) in [5.74, 6) is -0.241. The Labute approximate surface area is 91.8 Å². The normalized spacial score (nSPS) is 13.9. The van der Waals surface area contributed by atoms with E-state index in [1.807, 2.05) is 0 Å². The van der Waals surface area contributed by atoms with Crippen LogP contribution in [0, 0.1) is 0 Å². The van der Waals surface area contributed by atoms with E-state index in [1.165, 1.54) is 19.1 Å². The molecule has 1 rings (SSSR count). The van der Waals surface area contributed by atoms with Crippen LogP contribution in [0.15, 0.2) is 33.6 Å². The zero-order chi connectivity index (χ0) is 10.8. The van der Waals surface area contributed by atoms with E-state index in [4.69, 9.17) is 5.11 Å². The van der Waals surface area contributed by atoms with Crippen molar-refractivity contribution < 1.29 is 13.5 Å². The second-order valence-corrected chi connectivity index (χ2v) is 6.03. The third kappa shape index (κ3) is 3.08. The Balaban J connectivity index is 2.99. The van der Waals surface area contributed by atoms with Gasteiger partial charge in [-0.15, -0.1) is 0 Å². The molecular formula is C9H11BrO3S. The van der Waals surface area contributed by atoms with Gasteiger partial charge in [0.05, 0.1) is 16.8 Å². The van der Waals surface area contributed by atoms with Crippen molar-refractivity contribution in [3.05, 3.63) is 28.7 Å². The molecule has 1 aromatic carbocycles. The molecule has 78 valence electrons. The second kappa shape index (κ2) is 4.42. The lowest BCUT2D eigenvalue weighted by atomic mass is 10.4. The van der Waals surface area contributed by atoms with Crippen LogP contribution in [0.25, 0.3) is 0 Å². The summed E-state index contributed by atoms with van der Waals surface area (Å²) in [6.45, 7) is 1.45. The maximum absolute atomic E-state index is 11.6. The quantitative estimate of drug-likeness (QED) is 0.914. The number of sulfone groups is 1. The van der Waals surface area contributed by atoms with Crippen molar-refractivity contribution in [1.82, 2.24) is 0 Å². The number of rotatable bonds is 3. The van der Waals surface area contributed by atoms with E-state index in [2.05, 4.69) is 15.9 Å². The van der Waals surface area contributed by atoms with Crippen LogP contribution < -0.4 is 0 Å². The summed E-state index contributed by atoms with van der Waals surface area (Å²) in [5.41, 5.74) is 0. The van der Waals surface area contributed by atoms with Crippen LogP contribution in [0.2, 0.25) is 0 Å². The minimum Gasteiger partial charge on any atom is -0.392 e. The van der Waals surface area contributed by atoms with Crippen molar-refractivity contribution in [2.24, 2.45) is 0 Å². The monoisotopic (exact) mass is 278 g/mol. The summed E-state index contributed by atoms with van der Waals surface area (Å²) in [6.07, 6.45) is -0.844. The standard InChI is InChI=1S/C9H11BrO3S/c1-7(11)6-14(12,13)9-4-2-8(10)3-5-9/h2-5,7,11H,6H2,1H3. The van der Waals surface area contributed by atoms with E-state index in [0.29, 0.717) is 0 Å². The van der Waals surface area contributed by atoms with Gasteiger partial charge in [-0.3, -0.25) is 0 Å². The molecule has 3 nitrogen and oxygen atoms in total. The molecule has 0 saturated heterocycles. The molecule has 0 radical (unpaired) electrons. The van der Waals surface area contributed by atoms with Crippen LogP contribution in [0.4, 0.5) is 0 Å². The highest BCUT2D eigenvalue weighted by molar-refractivity contribution is 9.10. The smallest absolute Gasteiger partial charge is 0.180 e. The summed E-state index contributed by atoms with van der Waals surface area (Å²) in [5, 5.41) is 9.02. The maximum Gasteiger partial charge on any atom is 0.180 e. The highest BCUT2D eigenvalue weighted by atomic mass is 79.9. The number of aliphatic hydroxyl groups is 1. The van der Waals surface area contributed by atoms with Gasteiger partial charge in [0.1, 0.15) is 0 Å². The Morgan fingerprint density at radius 1 is 1.36 bits per heavy atom. The second-order valence-electron chi connectivity index (χ2n) is 3.08. The fourth-order valence-corrected chi connectivity index (χ4v) is 2.70. The zero-order valence-electron chi connectivity index (χ0n) is 7.64. The molecule has 0 heterocycles. The molecule has 0 fully saturated rings. The summed E-state index contributed by atoms with van der Waals surface area (Å²) < 4.78 is 24.0. The molecule has 14 heavy (non-hydrogen) atoms. The van der Waals surface area contributed by atoms with Crippen molar-refractivity contribution in [3.63, 3.8) is 0 Å². The van der Waals surface area contributed by atoms with E-state index < -0.39 is 15.9 Å². The predicted octanol–water partition coefficient (Wildman–Crippen LogP) is 1.60. The fraction of sp³-hybridized carbons (Fsp3) is 0.333. The van der Waals surface area contributed by atoms with E-state index in [-0.39, 0.29) is 10.6 Å². The summed E-state index contributed by atoms with van der Waals surface area (Å²) >= 11 is 3.22. The molecule has 1 aromatic rings. The molecule has 0 saturated carbocycles. The van der Waals surface area contributed by atoms with Crippen LogP contribution in [-0.4, -0.2) is 25.4 Å². The van der Waals surface area contributed by atoms with Crippen molar-refractivity contribution in [3.8, 4) is 0 Å². The third-order valence-corrected chi connectivity index (χ3v) is 4.07. The van der Waals surface area contributed by atoms with Gasteiger partial charge < -0.3 is 5.11 Å². The van der Waals surface area contributed by atoms with Gasteiger partial charge in [0.15, 0.2) is 9.84 Å². The van der Waals surface area contributed by atoms with Gasteiger partial charge in [-0.1, -0.05) is 15.9 Å². The third-order valence-electron chi connectivity index (χ3n) is 1.63. The molecule has 1 unspecified atom stereocenters. The number of aliphatic hydroxyl groups excluding tert-OH is 1. The first-order valence-corrected chi connectivity index (χ1v) is 6.53. The average molecular weight is 279 g/mol. The Kier molecular flexibility index (Phi) is 3.69. The van der Waals surface area contributed by atoms with Gasteiger partial charge in [-0.25, -0.2) is 8.42 Å². The zero-order valence-corrected chi connectivity index (χ0v) is 10.0. The van der Waals surface area contributed by atoms with E-state index in [9.17, 15) is 8.42 Å². The molecule has 0 spiro atoms. The maximum atomic E-state index is 11.6. The largest absolute Gasteiger partial charge is 0.392 e. The lowest BCUT2D eigenvalue weighted by molar-refractivity contribution is 0.218. The van der Waals surface area contributed by atoms with Crippen LogP contribution in [0.1, 0.15) is 6.92 Å². The lowest BCUT2D eigenvalue weighted by Gasteiger charge is -2.06. The average Bonchev–Trinajstić information content (AvgIpc) is 2.02. The van der Waals surface area contributed by atoms with Gasteiger partial charge in [0.25, 0.3) is 0 Å². The highest BCUT2D eigenvalue weighted by Crippen LogP contribution is 2.16. The minimum atomic E-state index is -3.35. The van der Waals surface area contributed by atoms with Crippen molar-refractivity contribution in [2.75, 3.05) is 5.75 Å². The molecule has 0 aromatic heterocycles. The molecule has 0 amide bonds. The van der Waals surface area contributed by atoms with Gasteiger partial charge >= 0.3 is 0 Å². The molecule has 0 aliphatic heterocycles. The number of benzene rings is 1. The van der Waals surface area contributed by atoms with Crippen LogP contribution in [-0.2, 0) is 9.84 Å². The minimum absolute atomic E-state index is 0.238. The highest BCUT2D eigenvalue weighted by Gasteiger charge is 2.16. The molecular weight excluding hydrogens is 268 g/mol. The predicted molar refractivity (Wildman–Crippen MR) is 57.9 cm³/mol. The fourth-order valence-electron chi connectivity index (χ4n) is 1.06. The lowest BCUT2D eigenvalue weighted by Crippen LogP contribution is -2.17. The Bertz CT molecular complexity index is 395. The summed E-state index contributed by atoms with van der Waals surface area (Å²) in [4.78, 5) is 0.238. The Hall–Kier alpha value is -0.390. The van der Waals surface area contributed by atoms with Crippen LogP contribution >= 0.6 is 15.9 Å². The van der Waals surface area contributed by atoms with Crippen molar-refractivity contribution >= 4 is 25.8 Å². The Morgan fingerprint density at radius 2 is 1.86 bits per heavy atom. The van der Waals surface area contributed by atoms with Crippen LogP contribution in [0.5, 0.6) is 0 Å². The van der Waals surface area contributed by atoms with Gasteiger partial charge in [-0.05, 0) is 31.2 Å². The number of hydrogen-bond acceptors (Lipinski definition) is 3. The van der Waals surface area contributed by atoms with Gasteiger partial charge in [-0.2, -0.15) is 0 Å². The number of hydrogen-bond donors (Lipinski definition) is 1. The van der Waals surface area contributed by atoms with Crippen molar-refractivity contribution in [1.29, 1.82) is 0 Å². The molecule has 1 atom stereocenters. The SMILES string of the molecule is CC(O)CS(=O)(=O)c1ccc(Br)cc1. The van der Waals surface area contributed by atoms with Gasteiger partial charge in [0.2, 0.25) is 0 Å². The first kappa shape index (κ1) is 11.7. The van der Waals surface area contributed by atoms with Gasteiger partial charge in [0, 0.05) is 4.47 Å². The van der Waals surface area contributed by atoms with Crippen molar-refractivity contribution in [2.45, 2.75) is 17.9 Å². The Morgan fingerprint density at radius 3 is 2.29 bits per heavy atom. The first-order chi connectivity index (χ1) is 6.42. The topological polar surface area (TPSA) is 54.4 Å². The summed E-state index contributed by atoms with van der Waals surface area (Å²) in [6, 6.07) is 6.35. The first-order valence-electron chi connectivity index (χ1n) is 4.08. The summed E-state index contributed by atoms with van der Waals surface area (Å²) in [7, 11) is -3.35. The van der Waals surface area contributed by atoms with Crippen LogP contribution in [0.3, 0.4) is 0 Å². The van der Waals surface area contributed by atoms with E-state index >= 15 is 0 Å². The molecule has 0 bridgehead atoms. The molecule has 5 heteroatoms. The van der Waals surface area contributed by atoms with E-state index in [1.54, 1.807) is 12.1 Å². The molecule has 0 aliphatic carbocycles. The molecule has 1 N–H and O–H groups in total.